The number of hydrogen-bond donors (Lipinski definition) is 2. The fourth-order valence-corrected chi connectivity index (χ4v) is 3.36. The van der Waals surface area contributed by atoms with Gasteiger partial charge in [0.2, 0.25) is 0 Å². The Morgan fingerprint density at radius 1 is 0.938 bits per heavy atom. The van der Waals surface area contributed by atoms with Gasteiger partial charge in [0.1, 0.15) is 16.4 Å². The Bertz CT molecular complexity index is 1210. The molecule has 0 aliphatic carbocycles. The van der Waals surface area contributed by atoms with Gasteiger partial charge in [0.05, 0.1) is 17.6 Å². The predicted octanol–water partition coefficient (Wildman–Crippen LogP) is 5.49. The maximum atomic E-state index is 12.4. The maximum absolute atomic E-state index is 12.4. The molecule has 0 aliphatic rings. The summed E-state index contributed by atoms with van der Waals surface area (Å²) < 4.78 is 40.5. The van der Waals surface area contributed by atoms with Crippen molar-refractivity contribution >= 4 is 33.9 Å². The molecule has 0 saturated carbocycles. The third kappa shape index (κ3) is 5.58. The number of carbonyl (C=O) groups excluding carboxylic acids is 1. The lowest BCUT2D eigenvalue weighted by atomic mass is 10.2. The van der Waals surface area contributed by atoms with Crippen LogP contribution in [0.4, 0.5) is 29.8 Å². The number of anilines is 3. The minimum atomic E-state index is -4.78. The van der Waals surface area contributed by atoms with Gasteiger partial charge in [0.25, 0.3) is 5.91 Å². The van der Waals surface area contributed by atoms with Crippen molar-refractivity contribution in [1.82, 2.24) is 15.0 Å². The summed E-state index contributed by atoms with van der Waals surface area (Å²) >= 11 is 1.10. The molecule has 0 atom stereocenters. The second-order valence-electron chi connectivity index (χ2n) is 6.30. The van der Waals surface area contributed by atoms with E-state index in [4.69, 9.17) is 0 Å². The Balaban J connectivity index is 1.40. The summed E-state index contributed by atoms with van der Waals surface area (Å²) in [6.45, 7) is 0. The number of hydrogen-bond acceptors (Lipinski definition) is 7. The van der Waals surface area contributed by atoms with E-state index in [-0.39, 0.29) is 5.75 Å². The predicted molar refractivity (Wildman–Crippen MR) is 114 cm³/mol. The summed E-state index contributed by atoms with van der Waals surface area (Å²) in [5, 5.41) is 6.10. The number of nitrogens with zero attached hydrogens (tertiary/aromatic N) is 3. The number of aromatic nitrogens is 3. The third-order valence-electron chi connectivity index (χ3n) is 3.99. The van der Waals surface area contributed by atoms with Gasteiger partial charge in [0.15, 0.2) is 5.13 Å². The van der Waals surface area contributed by atoms with Gasteiger partial charge >= 0.3 is 6.36 Å². The topological polar surface area (TPSA) is 89.0 Å². The van der Waals surface area contributed by atoms with E-state index in [1.165, 1.54) is 18.3 Å². The monoisotopic (exact) mass is 457 g/mol. The van der Waals surface area contributed by atoms with E-state index in [0.29, 0.717) is 27.2 Å². The highest BCUT2D eigenvalue weighted by Gasteiger charge is 2.31. The molecule has 4 rings (SSSR count). The molecule has 0 radical (unpaired) electrons. The summed E-state index contributed by atoms with van der Waals surface area (Å²) in [5.74, 6) is -0.287. The number of benzene rings is 1. The van der Waals surface area contributed by atoms with E-state index in [1.54, 1.807) is 12.3 Å². The summed E-state index contributed by atoms with van der Waals surface area (Å²) in [7, 11) is 0. The number of amides is 1. The largest absolute Gasteiger partial charge is 0.573 e. The molecule has 0 fully saturated rings. The lowest BCUT2D eigenvalue weighted by Crippen LogP contribution is -2.17. The standard InChI is InChI=1S/C21H14F3N5O2S/c22-21(23,24)31-14-9-7-13(8-10-14)27-19(30)17-12-26-20(32-17)29-18-6-3-5-16(28-18)15-4-1-2-11-25-15/h1-12H,(H,27,30)(H,26,28,29). The van der Waals surface area contributed by atoms with Crippen LogP contribution in [-0.2, 0) is 0 Å². The molecule has 0 saturated heterocycles. The average molecular weight is 457 g/mol. The van der Waals surface area contributed by atoms with Gasteiger partial charge in [0, 0.05) is 11.9 Å². The van der Waals surface area contributed by atoms with Crippen LogP contribution >= 0.6 is 11.3 Å². The maximum Gasteiger partial charge on any atom is 0.573 e. The van der Waals surface area contributed by atoms with E-state index in [2.05, 4.69) is 30.3 Å². The molecule has 32 heavy (non-hydrogen) atoms. The van der Waals surface area contributed by atoms with Crippen LogP contribution in [0.25, 0.3) is 11.4 Å². The highest BCUT2D eigenvalue weighted by molar-refractivity contribution is 7.17. The smallest absolute Gasteiger partial charge is 0.406 e. The minimum Gasteiger partial charge on any atom is -0.406 e. The van der Waals surface area contributed by atoms with Crippen molar-refractivity contribution in [2.24, 2.45) is 0 Å². The van der Waals surface area contributed by atoms with Crippen molar-refractivity contribution in [2.75, 3.05) is 10.6 Å². The summed E-state index contributed by atoms with van der Waals surface area (Å²) in [6.07, 6.45) is -1.70. The normalized spacial score (nSPS) is 11.1. The Morgan fingerprint density at radius 2 is 1.72 bits per heavy atom. The number of nitrogens with one attached hydrogen (secondary N) is 2. The highest BCUT2D eigenvalue weighted by atomic mass is 32.1. The van der Waals surface area contributed by atoms with Crippen LogP contribution in [0.5, 0.6) is 5.75 Å². The van der Waals surface area contributed by atoms with Gasteiger partial charge in [-0.15, -0.1) is 13.2 Å². The van der Waals surface area contributed by atoms with E-state index in [1.807, 2.05) is 30.3 Å². The second-order valence-corrected chi connectivity index (χ2v) is 7.33. The van der Waals surface area contributed by atoms with E-state index < -0.39 is 12.3 Å². The molecular weight excluding hydrogens is 443 g/mol. The lowest BCUT2D eigenvalue weighted by Gasteiger charge is -2.09. The zero-order valence-electron chi connectivity index (χ0n) is 16.1. The first kappa shape index (κ1) is 21.2. The van der Waals surface area contributed by atoms with Crippen molar-refractivity contribution in [3.8, 4) is 17.1 Å². The van der Waals surface area contributed by atoms with Crippen molar-refractivity contribution in [1.29, 1.82) is 0 Å². The van der Waals surface area contributed by atoms with Gasteiger partial charge in [-0.05, 0) is 48.5 Å². The van der Waals surface area contributed by atoms with E-state index in [9.17, 15) is 18.0 Å². The van der Waals surface area contributed by atoms with Gasteiger partial charge in [-0.25, -0.2) is 9.97 Å². The molecule has 2 N–H and O–H groups in total. The molecule has 11 heteroatoms. The van der Waals surface area contributed by atoms with Crippen LogP contribution in [0.2, 0.25) is 0 Å². The summed E-state index contributed by atoms with van der Waals surface area (Å²) in [6, 6.07) is 15.8. The molecule has 0 spiro atoms. The molecular formula is C21H14F3N5O2S. The minimum absolute atomic E-state index is 0.309. The number of ether oxygens (including phenoxy) is 1. The molecule has 0 aliphatic heterocycles. The van der Waals surface area contributed by atoms with Gasteiger partial charge in [-0.2, -0.15) is 0 Å². The van der Waals surface area contributed by atoms with E-state index in [0.717, 1.165) is 29.2 Å². The molecule has 7 nitrogen and oxygen atoms in total. The Morgan fingerprint density at radius 3 is 2.44 bits per heavy atom. The SMILES string of the molecule is O=C(Nc1ccc(OC(F)(F)F)cc1)c1cnc(Nc2cccc(-c3ccccn3)n2)s1. The van der Waals surface area contributed by atoms with Gasteiger partial charge in [-0.3, -0.25) is 9.78 Å². The summed E-state index contributed by atoms with van der Waals surface area (Å²) in [5.41, 5.74) is 1.72. The molecule has 3 aromatic heterocycles. The molecule has 0 unspecified atom stereocenters. The average Bonchev–Trinajstić information content (AvgIpc) is 3.24. The first-order valence-electron chi connectivity index (χ1n) is 9.14. The number of halogens is 3. The van der Waals surface area contributed by atoms with Crippen LogP contribution in [0, 0.1) is 0 Å². The molecule has 3 heterocycles. The van der Waals surface area contributed by atoms with Gasteiger partial charge in [-0.1, -0.05) is 23.5 Å². The first-order chi connectivity index (χ1) is 15.4. The Labute approximate surface area is 184 Å². The molecule has 0 bridgehead atoms. The lowest BCUT2D eigenvalue weighted by molar-refractivity contribution is -0.274. The zero-order chi connectivity index (χ0) is 22.6. The van der Waals surface area contributed by atoms with Crippen LogP contribution < -0.4 is 15.4 Å². The highest BCUT2D eigenvalue weighted by Crippen LogP contribution is 2.26. The summed E-state index contributed by atoms with van der Waals surface area (Å²) in [4.78, 5) is 25.7. The number of carbonyl (C=O) groups is 1. The second kappa shape index (κ2) is 9.02. The number of rotatable bonds is 6. The van der Waals surface area contributed by atoms with Crippen molar-refractivity contribution in [2.45, 2.75) is 6.36 Å². The Hall–Kier alpha value is -3.99. The van der Waals surface area contributed by atoms with E-state index >= 15 is 0 Å². The first-order valence-corrected chi connectivity index (χ1v) is 9.96. The van der Waals surface area contributed by atoms with Crippen molar-refractivity contribution in [3.63, 3.8) is 0 Å². The van der Waals surface area contributed by atoms with Crippen molar-refractivity contribution in [3.05, 3.63) is 77.9 Å². The van der Waals surface area contributed by atoms with Crippen molar-refractivity contribution < 1.29 is 22.7 Å². The number of thiazole rings is 1. The third-order valence-corrected chi connectivity index (χ3v) is 4.90. The molecule has 1 aromatic carbocycles. The van der Waals surface area contributed by atoms with Crippen LogP contribution in [0.15, 0.2) is 73.1 Å². The quantitative estimate of drug-likeness (QED) is 0.398. The molecule has 1 amide bonds. The number of alkyl halides is 3. The van der Waals surface area contributed by atoms with Gasteiger partial charge < -0.3 is 15.4 Å². The van der Waals surface area contributed by atoms with Crippen LogP contribution in [0.3, 0.4) is 0 Å². The zero-order valence-corrected chi connectivity index (χ0v) is 16.9. The molecule has 162 valence electrons. The van der Waals surface area contributed by atoms with Crippen LogP contribution in [-0.4, -0.2) is 27.2 Å². The van der Waals surface area contributed by atoms with Crippen LogP contribution in [0.1, 0.15) is 9.67 Å². The fourth-order valence-electron chi connectivity index (χ4n) is 2.64. The Kier molecular flexibility index (Phi) is 5.99. The fraction of sp³-hybridized carbons (Fsp3) is 0.0476. The molecule has 4 aromatic rings. The number of pyridine rings is 2.